The Balaban J connectivity index is 3.25. The molecular weight excluding hydrogens is 288 g/mol. The van der Waals surface area contributed by atoms with E-state index < -0.39 is 4.92 Å². The van der Waals surface area contributed by atoms with Gasteiger partial charge in [-0.2, -0.15) is 0 Å². The first-order chi connectivity index (χ1) is 8.10. The molecule has 2 N–H and O–H groups in total. The van der Waals surface area contributed by atoms with E-state index in [0.717, 1.165) is 5.33 Å². The number of nitrogen functional groups attached to an aromatic ring is 1. The Morgan fingerprint density at radius 3 is 2.82 bits per heavy atom. The van der Waals surface area contributed by atoms with Crippen molar-refractivity contribution in [2.75, 3.05) is 18.2 Å². The van der Waals surface area contributed by atoms with Crippen LogP contribution < -0.4 is 10.5 Å². The summed E-state index contributed by atoms with van der Waals surface area (Å²) in [5.74, 6) is 6.02. The molecule has 0 unspecified atom stereocenters. The van der Waals surface area contributed by atoms with Crippen LogP contribution in [-0.4, -0.2) is 17.4 Å². The van der Waals surface area contributed by atoms with E-state index >= 15 is 0 Å². The van der Waals surface area contributed by atoms with Crippen LogP contribution in [0.25, 0.3) is 0 Å². The van der Waals surface area contributed by atoms with Gasteiger partial charge in [-0.05, 0) is 6.07 Å². The number of hydrogen-bond donors (Lipinski definition) is 1. The fraction of sp³-hybridized carbons (Fsp3) is 0.273. The molecule has 0 heterocycles. The van der Waals surface area contributed by atoms with Gasteiger partial charge in [0, 0.05) is 11.8 Å². The lowest BCUT2D eigenvalue weighted by atomic mass is 10.1. The quantitative estimate of drug-likeness (QED) is 0.305. The predicted octanol–water partition coefficient (Wildman–Crippen LogP) is 2.32. The molecule has 90 valence electrons. The van der Waals surface area contributed by atoms with E-state index in [9.17, 15) is 10.1 Å². The standard InChI is InChI=1S/C11H11BrN2O3/c1-17-9-6-8(4-2-3-5-12)11(13)10(7-9)14(15)16/h6-7H,3,5,13H2,1H3. The van der Waals surface area contributed by atoms with Crippen LogP contribution in [0, 0.1) is 22.0 Å². The van der Waals surface area contributed by atoms with Crippen LogP contribution in [0.5, 0.6) is 5.75 Å². The molecule has 0 atom stereocenters. The Bertz CT molecular complexity index is 491. The van der Waals surface area contributed by atoms with Crippen molar-refractivity contribution in [3.63, 3.8) is 0 Å². The summed E-state index contributed by atoms with van der Waals surface area (Å²) in [7, 11) is 1.44. The average Bonchev–Trinajstić information content (AvgIpc) is 2.31. The normalized spacial score (nSPS) is 9.29. The SMILES string of the molecule is COc1cc(C#CCCBr)c(N)c([N+](=O)[O-])c1. The number of anilines is 1. The first kappa shape index (κ1) is 13.3. The molecule has 6 heteroatoms. The molecule has 0 bridgehead atoms. The van der Waals surface area contributed by atoms with Gasteiger partial charge in [0.15, 0.2) is 0 Å². The molecule has 0 radical (unpaired) electrons. The minimum absolute atomic E-state index is 0.0675. The van der Waals surface area contributed by atoms with E-state index in [1.165, 1.54) is 13.2 Å². The summed E-state index contributed by atoms with van der Waals surface area (Å²) in [5.41, 5.74) is 5.97. The first-order valence-corrected chi connectivity index (χ1v) is 5.89. The fourth-order valence-electron chi connectivity index (χ4n) is 1.19. The Morgan fingerprint density at radius 2 is 2.29 bits per heavy atom. The van der Waals surface area contributed by atoms with E-state index in [1.807, 2.05) is 0 Å². The number of nitrogens with two attached hydrogens (primary N) is 1. The van der Waals surface area contributed by atoms with Gasteiger partial charge in [-0.3, -0.25) is 10.1 Å². The minimum atomic E-state index is -0.548. The van der Waals surface area contributed by atoms with E-state index in [4.69, 9.17) is 10.5 Å². The van der Waals surface area contributed by atoms with Crippen LogP contribution in [0.1, 0.15) is 12.0 Å². The van der Waals surface area contributed by atoms with Gasteiger partial charge >= 0.3 is 0 Å². The highest BCUT2D eigenvalue weighted by Crippen LogP contribution is 2.30. The number of rotatable bonds is 3. The number of methoxy groups -OCH3 is 1. The summed E-state index contributed by atoms with van der Waals surface area (Å²) in [6.07, 6.45) is 0.643. The molecule has 1 rings (SSSR count). The average molecular weight is 299 g/mol. The number of ether oxygens (including phenoxy) is 1. The summed E-state index contributed by atoms with van der Waals surface area (Å²) in [4.78, 5) is 10.2. The lowest BCUT2D eigenvalue weighted by Gasteiger charge is -2.04. The monoisotopic (exact) mass is 298 g/mol. The van der Waals surface area contributed by atoms with Gasteiger partial charge in [-0.1, -0.05) is 27.8 Å². The number of nitro groups is 1. The fourth-order valence-corrected chi connectivity index (χ4v) is 1.39. The molecule has 0 saturated carbocycles. The predicted molar refractivity (Wildman–Crippen MR) is 69.3 cm³/mol. The Labute approximate surface area is 107 Å². The summed E-state index contributed by atoms with van der Waals surface area (Å²) < 4.78 is 4.97. The zero-order valence-corrected chi connectivity index (χ0v) is 10.8. The van der Waals surface area contributed by atoms with Crippen LogP contribution in [0.4, 0.5) is 11.4 Å². The van der Waals surface area contributed by atoms with Crippen LogP contribution in [-0.2, 0) is 0 Å². The van der Waals surface area contributed by atoms with Crippen LogP contribution in [0.3, 0.4) is 0 Å². The van der Waals surface area contributed by atoms with Gasteiger partial charge in [0.25, 0.3) is 5.69 Å². The number of nitrogens with zero attached hydrogens (tertiary/aromatic N) is 1. The molecule has 1 aromatic rings. The molecule has 0 aliphatic carbocycles. The summed E-state index contributed by atoms with van der Waals surface area (Å²) in [5, 5.41) is 11.5. The molecule has 0 spiro atoms. The second kappa shape index (κ2) is 6.11. The van der Waals surface area contributed by atoms with Crippen molar-refractivity contribution in [2.45, 2.75) is 6.42 Å². The van der Waals surface area contributed by atoms with Crippen LogP contribution >= 0.6 is 15.9 Å². The highest BCUT2D eigenvalue weighted by molar-refractivity contribution is 9.09. The van der Waals surface area contributed by atoms with Crippen molar-refractivity contribution in [3.8, 4) is 17.6 Å². The highest BCUT2D eigenvalue weighted by Gasteiger charge is 2.16. The van der Waals surface area contributed by atoms with Crippen molar-refractivity contribution in [2.24, 2.45) is 0 Å². The van der Waals surface area contributed by atoms with Gasteiger partial charge in [-0.15, -0.1) is 0 Å². The molecule has 0 saturated heterocycles. The van der Waals surface area contributed by atoms with Gasteiger partial charge in [0.1, 0.15) is 11.4 Å². The molecule has 0 aromatic heterocycles. The second-order valence-corrected chi connectivity index (χ2v) is 3.90. The third-order valence-electron chi connectivity index (χ3n) is 2.01. The van der Waals surface area contributed by atoms with E-state index in [2.05, 4.69) is 27.8 Å². The van der Waals surface area contributed by atoms with Crippen molar-refractivity contribution in [1.82, 2.24) is 0 Å². The molecule has 0 amide bonds. The van der Waals surface area contributed by atoms with Crippen molar-refractivity contribution < 1.29 is 9.66 Å². The summed E-state index contributed by atoms with van der Waals surface area (Å²) >= 11 is 3.24. The largest absolute Gasteiger partial charge is 0.496 e. The van der Waals surface area contributed by atoms with Crippen molar-refractivity contribution >= 4 is 27.3 Å². The van der Waals surface area contributed by atoms with E-state index in [1.54, 1.807) is 6.07 Å². The smallest absolute Gasteiger partial charge is 0.297 e. The molecule has 1 aromatic carbocycles. The topological polar surface area (TPSA) is 78.4 Å². The number of alkyl halides is 1. The van der Waals surface area contributed by atoms with E-state index in [0.29, 0.717) is 17.7 Å². The maximum atomic E-state index is 10.8. The maximum absolute atomic E-state index is 10.8. The number of nitro benzene ring substituents is 1. The van der Waals surface area contributed by atoms with Gasteiger partial charge in [0.05, 0.1) is 23.7 Å². The first-order valence-electron chi connectivity index (χ1n) is 4.77. The molecule has 0 fully saturated rings. The summed E-state index contributed by atoms with van der Waals surface area (Å²) in [6.45, 7) is 0. The lowest BCUT2D eigenvalue weighted by molar-refractivity contribution is -0.384. The van der Waals surface area contributed by atoms with Gasteiger partial charge < -0.3 is 10.5 Å². The molecule has 0 aliphatic rings. The summed E-state index contributed by atoms with van der Waals surface area (Å²) in [6, 6.07) is 2.87. The third kappa shape index (κ3) is 3.36. The number of hydrogen-bond acceptors (Lipinski definition) is 4. The van der Waals surface area contributed by atoms with E-state index in [-0.39, 0.29) is 11.4 Å². The van der Waals surface area contributed by atoms with Crippen molar-refractivity contribution in [3.05, 3.63) is 27.8 Å². The maximum Gasteiger partial charge on any atom is 0.297 e. The Morgan fingerprint density at radius 1 is 1.59 bits per heavy atom. The van der Waals surface area contributed by atoms with Crippen LogP contribution in [0.15, 0.2) is 12.1 Å². The zero-order valence-electron chi connectivity index (χ0n) is 9.20. The highest BCUT2D eigenvalue weighted by atomic mass is 79.9. The zero-order chi connectivity index (χ0) is 12.8. The lowest BCUT2D eigenvalue weighted by Crippen LogP contribution is -1.99. The Hall–Kier alpha value is -1.74. The number of benzene rings is 1. The van der Waals surface area contributed by atoms with Crippen LogP contribution in [0.2, 0.25) is 0 Å². The Kier molecular flexibility index (Phi) is 4.79. The van der Waals surface area contributed by atoms with Gasteiger partial charge in [-0.25, -0.2) is 0 Å². The van der Waals surface area contributed by atoms with Crippen molar-refractivity contribution in [1.29, 1.82) is 0 Å². The van der Waals surface area contributed by atoms with Gasteiger partial charge in [0.2, 0.25) is 0 Å². The second-order valence-electron chi connectivity index (χ2n) is 3.11. The third-order valence-corrected chi connectivity index (χ3v) is 2.40. The molecule has 17 heavy (non-hydrogen) atoms. The molecule has 5 nitrogen and oxygen atoms in total. The molecule has 0 aliphatic heterocycles. The minimum Gasteiger partial charge on any atom is -0.496 e. The number of halogens is 1. The molecular formula is C11H11BrN2O3.